The van der Waals surface area contributed by atoms with Gasteiger partial charge in [0, 0.05) is 6.54 Å². The van der Waals surface area contributed by atoms with Crippen LogP contribution in [0.5, 0.6) is 0 Å². The van der Waals surface area contributed by atoms with Gasteiger partial charge in [0.2, 0.25) is 0 Å². The van der Waals surface area contributed by atoms with Crippen molar-refractivity contribution in [3.63, 3.8) is 0 Å². The summed E-state index contributed by atoms with van der Waals surface area (Å²) in [7, 11) is 0. The normalized spacial score (nSPS) is 10.1. The van der Waals surface area contributed by atoms with E-state index in [1.54, 1.807) is 0 Å². The minimum atomic E-state index is 0.902. The summed E-state index contributed by atoms with van der Waals surface area (Å²) in [6, 6.07) is 11.1. The van der Waals surface area contributed by atoms with Crippen molar-refractivity contribution in [2.75, 3.05) is 6.54 Å². The highest BCUT2D eigenvalue weighted by Gasteiger charge is 1.90. The second-order valence-corrected chi connectivity index (χ2v) is 2.82. The molecule has 3 N–H and O–H groups in total. The lowest BCUT2D eigenvalue weighted by Gasteiger charge is -2.00. The van der Waals surface area contributed by atoms with Gasteiger partial charge in [-0.1, -0.05) is 24.3 Å². The number of hydrogen-bond donors (Lipinski definition) is 2. The molecule has 0 atom stereocenters. The first-order valence-corrected chi connectivity index (χ1v) is 4.32. The lowest BCUT2D eigenvalue weighted by Crippen LogP contribution is -2.22. The Bertz CT molecular complexity index is 196. The zero-order chi connectivity index (χ0) is 8.65. The molecule has 0 fully saturated rings. The maximum Gasteiger partial charge on any atom is 0.00975 e. The molecule has 65 valence electrons. The van der Waals surface area contributed by atoms with Crippen molar-refractivity contribution in [2.24, 2.45) is 5.84 Å². The predicted octanol–water partition coefficient (Wildman–Crippen LogP) is 1.27. The molecule has 2 heteroatoms. The molecule has 0 heterocycles. The van der Waals surface area contributed by atoms with Gasteiger partial charge in [-0.2, -0.15) is 0 Å². The van der Waals surface area contributed by atoms with Crippen LogP contribution in [0.4, 0.5) is 0 Å². The van der Waals surface area contributed by atoms with Crippen LogP contribution in [0.1, 0.15) is 18.4 Å². The second-order valence-electron chi connectivity index (χ2n) is 2.82. The molecule has 0 saturated carbocycles. The molecule has 0 saturated heterocycles. The van der Waals surface area contributed by atoms with Crippen molar-refractivity contribution < 1.29 is 0 Å². The highest BCUT2D eigenvalue weighted by molar-refractivity contribution is 5.13. The van der Waals surface area contributed by atoms with Crippen LogP contribution in [-0.4, -0.2) is 6.54 Å². The fourth-order valence-electron chi connectivity index (χ4n) is 1.14. The first kappa shape index (κ1) is 9.23. The summed E-state index contributed by atoms with van der Waals surface area (Å²) in [6.45, 7) is 0.902. The van der Waals surface area contributed by atoms with Crippen molar-refractivity contribution in [1.29, 1.82) is 0 Å². The van der Waals surface area contributed by atoms with E-state index >= 15 is 0 Å². The zero-order valence-corrected chi connectivity index (χ0v) is 7.22. The number of benzene rings is 1. The van der Waals surface area contributed by atoms with Crippen LogP contribution in [-0.2, 0) is 6.42 Å². The molecule has 0 spiro atoms. The van der Waals surface area contributed by atoms with Gasteiger partial charge in [0.25, 0.3) is 0 Å². The summed E-state index contributed by atoms with van der Waals surface area (Å²) in [4.78, 5) is 0. The monoisotopic (exact) mass is 163 g/mol. The van der Waals surface area contributed by atoms with Crippen LogP contribution in [0.2, 0.25) is 0 Å². The SMILES string of the molecule is NNCCCCc1cc[c]cc1. The van der Waals surface area contributed by atoms with Gasteiger partial charge in [-0.05, 0) is 30.9 Å². The maximum absolute atomic E-state index is 5.15. The van der Waals surface area contributed by atoms with Crippen LogP contribution in [0.3, 0.4) is 0 Å². The number of nitrogens with two attached hydrogens (primary N) is 1. The van der Waals surface area contributed by atoms with Crippen LogP contribution < -0.4 is 11.3 Å². The molecular formula is C10H15N2. The molecule has 1 rings (SSSR count). The average Bonchev–Trinajstić information content (AvgIpc) is 2.14. The van der Waals surface area contributed by atoms with E-state index in [0.717, 1.165) is 19.4 Å². The Kier molecular flexibility index (Phi) is 4.42. The topological polar surface area (TPSA) is 38.0 Å². The Hall–Kier alpha value is -0.860. The number of hydrogen-bond acceptors (Lipinski definition) is 2. The molecule has 1 aromatic rings. The molecule has 0 unspecified atom stereocenters. The van der Waals surface area contributed by atoms with Gasteiger partial charge in [-0.15, -0.1) is 0 Å². The summed E-state index contributed by atoms with van der Waals surface area (Å²) in [5.74, 6) is 5.15. The van der Waals surface area contributed by atoms with Crippen molar-refractivity contribution in [1.82, 2.24) is 5.43 Å². The largest absolute Gasteiger partial charge is 0.271 e. The van der Waals surface area contributed by atoms with E-state index in [-0.39, 0.29) is 0 Å². The van der Waals surface area contributed by atoms with Gasteiger partial charge in [0.05, 0.1) is 0 Å². The molecule has 0 bridgehead atoms. The number of nitrogens with one attached hydrogen (secondary N) is 1. The number of aryl methyl sites for hydroxylation is 1. The quantitative estimate of drug-likeness (QED) is 0.390. The standard InChI is InChI=1S/C10H15N2/c11-12-9-5-4-8-10-6-2-1-3-7-10/h2-3,6-7,12H,4-5,8-9,11H2. The first-order chi connectivity index (χ1) is 5.93. The van der Waals surface area contributed by atoms with Crippen LogP contribution in [0.25, 0.3) is 0 Å². The lowest BCUT2D eigenvalue weighted by atomic mass is 10.1. The summed E-state index contributed by atoms with van der Waals surface area (Å²) in [5, 5.41) is 0. The molecule has 0 aliphatic carbocycles. The molecule has 0 aliphatic heterocycles. The zero-order valence-electron chi connectivity index (χ0n) is 7.22. The molecule has 12 heavy (non-hydrogen) atoms. The van der Waals surface area contributed by atoms with E-state index in [1.165, 1.54) is 12.0 Å². The van der Waals surface area contributed by atoms with E-state index in [0.29, 0.717) is 0 Å². The third-order valence-electron chi connectivity index (χ3n) is 1.82. The summed E-state index contributed by atoms with van der Waals surface area (Å²) >= 11 is 0. The highest BCUT2D eigenvalue weighted by atomic mass is 15.2. The van der Waals surface area contributed by atoms with Gasteiger partial charge < -0.3 is 0 Å². The van der Waals surface area contributed by atoms with Crippen molar-refractivity contribution in [3.05, 3.63) is 35.9 Å². The van der Waals surface area contributed by atoms with Crippen molar-refractivity contribution >= 4 is 0 Å². The summed E-state index contributed by atoms with van der Waals surface area (Å²) in [6.07, 6.45) is 3.46. The fraction of sp³-hybridized carbons (Fsp3) is 0.400. The number of unbranched alkanes of at least 4 members (excludes halogenated alkanes) is 1. The number of hydrazine groups is 1. The second kappa shape index (κ2) is 5.75. The third-order valence-corrected chi connectivity index (χ3v) is 1.82. The Labute approximate surface area is 73.8 Å². The summed E-state index contributed by atoms with van der Waals surface area (Å²) < 4.78 is 0. The maximum atomic E-state index is 5.15. The molecule has 1 aromatic carbocycles. The van der Waals surface area contributed by atoms with Gasteiger partial charge in [-0.3, -0.25) is 11.3 Å². The molecule has 1 radical (unpaired) electrons. The van der Waals surface area contributed by atoms with E-state index in [2.05, 4.69) is 23.6 Å². The fourth-order valence-corrected chi connectivity index (χ4v) is 1.14. The molecule has 0 aliphatic rings. The van der Waals surface area contributed by atoms with Crippen LogP contribution in [0, 0.1) is 6.07 Å². The Morgan fingerprint density at radius 3 is 2.67 bits per heavy atom. The van der Waals surface area contributed by atoms with E-state index in [4.69, 9.17) is 5.84 Å². The van der Waals surface area contributed by atoms with Crippen LogP contribution >= 0.6 is 0 Å². The molecule has 0 aromatic heterocycles. The molecular weight excluding hydrogens is 148 g/mol. The first-order valence-electron chi connectivity index (χ1n) is 4.32. The van der Waals surface area contributed by atoms with Gasteiger partial charge in [-0.25, -0.2) is 0 Å². The lowest BCUT2D eigenvalue weighted by molar-refractivity contribution is 0.645. The smallest absolute Gasteiger partial charge is 0.00975 e. The molecule has 0 amide bonds. The Morgan fingerprint density at radius 2 is 2.00 bits per heavy atom. The average molecular weight is 163 g/mol. The Balaban J connectivity index is 2.16. The van der Waals surface area contributed by atoms with E-state index in [9.17, 15) is 0 Å². The van der Waals surface area contributed by atoms with Crippen molar-refractivity contribution in [3.8, 4) is 0 Å². The minimum absolute atomic E-state index is 0.902. The number of rotatable bonds is 5. The minimum Gasteiger partial charge on any atom is -0.271 e. The van der Waals surface area contributed by atoms with Gasteiger partial charge in [0.1, 0.15) is 0 Å². The van der Waals surface area contributed by atoms with Gasteiger partial charge in [0.15, 0.2) is 0 Å². The van der Waals surface area contributed by atoms with E-state index in [1.807, 2.05) is 12.1 Å². The van der Waals surface area contributed by atoms with Crippen molar-refractivity contribution in [2.45, 2.75) is 19.3 Å². The van der Waals surface area contributed by atoms with Crippen LogP contribution in [0.15, 0.2) is 24.3 Å². The molecule has 2 nitrogen and oxygen atoms in total. The highest BCUT2D eigenvalue weighted by Crippen LogP contribution is 2.03. The van der Waals surface area contributed by atoms with Gasteiger partial charge >= 0.3 is 0 Å². The Morgan fingerprint density at radius 1 is 1.25 bits per heavy atom. The third kappa shape index (κ3) is 3.51. The van der Waals surface area contributed by atoms with E-state index < -0.39 is 0 Å². The predicted molar refractivity (Wildman–Crippen MR) is 50.4 cm³/mol. The summed E-state index contributed by atoms with van der Waals surface area (Å²) in [5.41, 5.74) is 4.03.